The van der Waals surface area contributed by atoms with Crippen molar-refractivity contribution in [3.63, 3.8) is 0 Å². The van der Waals surface area contributed by atoms with E-state index < -0.39 is 20.1 Å². The summed E-state index contributed by atoms with van der Waals surface area (Å²) in [5.74, 6) is 2.56. The summed E-state index contributed by atoms with van der Waals surface area (Å²) in [5.41, 5.74) is 4.24. The molecule has 0 saturated carbocycles. The molecule has 0 aliphatic heterocycles. The Morgan fingerprint density at radius 3 is 2.40 bits per heavy atom. The number of aliphatic hydroxyl groups excluding tert-OH is 2. The van der Waals surface area contributed by atoms with Crippen LogP contribution >= 0.6 is 0 Å². The quantitative estimate of drug-likeness (QED) is 0.623. The Morgan fingerprint density at radius 2 is 1.85 bits per heavy atom. The predicted octanol–water partition coefficient (Wildman–Crippen LogP) is 2.05. The molecule has 1 aromatic rings. The Balaban J connectivity index is 2.43. The molecule has 4 heteroatoms. The van der Waals surface area contributed by atoms with E-state index in [4.69, 9.17) is 4.74 Å². The van der Waals surface area contributed by atoms with Crippen molar-refractivity contribution in [1.82, 2.24) is 0 Å². The predicted molar refractivity (Wildman–Crippen MR) is 83.8 cm³/mol. The molecule has 0 aliphatic rings. The summed E-state index contributed by atoms with van der Waals surface area (Å²) >= 11 is 0. The van der Waals surface area contributed by atoms with Gasteiger partial charge >= 0.3 is 0 Å². The van der Waals surface area contributed by atoms with Crippen molar-refractivity contribution in [2.75, 3.05) is 13.2 Å². The van der Waals surface area contributed by atoms with Gasteiger partial charge in [-0.1, -0.05) is 50.0 Å². The molecule has 1 rings (SSSR count). The summed E-state index contributed by atoms with van der Waals surface area (Å²) in [6.07, 6.45) is -0.757. The molecule has 0 heterocycles. The van der Waals surface area contributed by atoms with E-state index in [1.54, 1.807) is 0 Å². The highest BCUT2D eigenvalue weighted by atomic mass is 28.3. The highest BCUT2D eigenvalue weighted by molar-refractivity contribution is 6.83. The molecule has 0 bridgehead atoms. The Bertz CT molecular complexity index is 442. The minimum atomic E-state index is -1.49. The topological polar surface area (TPSA) is 49.7 Å². The smallest absolute Gasteiger partial charge is 0.129 e. The second kappa shape index (κ2) is 8.23. The molecule has 3 nitrogen and oxygen atoms in total. The van der Waals surface area contributed by atoms with Crippen LogP contribution in [0.15, 0.2) is 30.3 Å². The molecule has 0 aromatic heterocycles. The lowest BCUT2D eigenvalue weighted by Crippen LogP contribution is -2.28. The first-order chi connectivity index (χ1) is 9.42. The van der Waals surface area contributed by atoms with Crippen molar-refractivity contribution in [3.8, 4) is 11.5 Å². The zero-order valence-corrected chi connectivity index (χ0v) is 13.5. The van der Waals surface area contributed by atoms with Gasteiger partial charge in [0.1, 0.15) is 8.07 Å². The maximum atomic E-state index is 10.0. The molecular formula is C16H24O3Si. The number of hydrogen-bond donors (Lipinski definition) is 2. The standard InChI is InChI=1S/C16H24O3Si/c1-20(2,3)10-9-15(11-17)16(18)13-19-12-14-7-5-4-6-8-14/h4-8,15-18H,11-13H2,1-3H3/t15-,16+/m1/s1. The molecule has 0 saturated heterocycles. The average Bonchev–Trinajstić information content (AvgIpc) is 2.39. The van der Waals surface area contributed by atoms with Gasteiger partial charge in [-0.3, -0.25) is 0 Å². The molecular weight excluding hydrogens is 268 g/mol. The molecule has 0 radical (unpaired) electrons. The van der Waals surface area contributed by atoms with Crippen LogP contribution in [0.5, 0.6) is 0 Å². The van der Waals surface area contributed by atoms with Gasteiger partial charge in [-0.25, -0.2) is 0 Å². The third kappa shape index (κ3) is 6.87. The van der Waals surface area contributed by atoms with Gasteiger partial charge in [-0.05, 0) is 5.56 Å². The van der Waals surface area contributed by atoms with E-state index in [0.717, 1.165) is 5.56 Å². The summed E-state index contributed by atoms with van der Waals surface area (Å²) in [5, 5.41) is 19.3. The Hall–Kier alpha value is -1.12. The van der Waals surface area contributed by atoms with Crippen LogP contribution in [-0.2, 0) is 11.3 Å². The van der Waals surface area contributed by atoms with Crippen LogP contribution in [0.4, 0.5) is 0 Å². The summed E-state index contributed by atoms with van der Waals surface area (Å²) in [6.45, 7) is 6.89. The minimum Gasteiger partial charge on any atom is -0.395 e. The lowest BCUT2D eigenvalue weighted by atomic mass is 10.1. The third-order valence-electron chi connectivity index (χ3n) is 2.69. The largest absolute Gasteiger partial charge is 0.395 e. The molecule has 0 spiro atoms. The monoisotopic (exact) mass is 292 g/mol. The number of ether oxygens (including phenoxy) is 1. The van der Waals surface area contributed by atoms with E-state index in [9.17, 15) is 10.2 Å². The molecule has 1 aromatic carbocycles. The highest BCUT2D eigenvalue weighted by Crippen LogP contribution is 2.07. The molecule has 20 heavy (non-hydrogen) atoms. The summed E-state index contributed by atoms with van der Waals surface area (Å²) in [4.78, 5) is 0. The first-order valence-electron chi connectivity index (χ1n) is 6.85. The van der Waals surface area contributed by atoms with E-state index in [1.807, 2.05) is 30.3 Å². The van der Waals surface area contributed by atoms with E-state index in [1.165, 1.54) is 0 Å². The van der Waals surface area contributed by atoms with Crippen molar-refractivity contribution < 1.29 is 14.9 Å². The van der Waals surface area contributed by atoms with Gasteiger partial charge in [0.05, 0.1) is 31.8 Å². The van der Waals surface area contributed by atoms with Gasteiger partial charge in [-0.2, -0.15) is 0 Å². The second-order valence-electron chi connectivity index (χ2n) is 5.88. The third-order valence-corrected chi connectivity index (χ3v) is 3.59. The normalized spacial score (nSPS) is 14.2. The van der Waals surface area contributed by atoms with Gasteiger partial charge in [0.25, 0.3) is 0 Å². The van der Waals surface area contributed by atoms with Crippen LogP contribution in [0.3, 0.4) is 0 Å². The molecule has 0 aliphatic carbocycles. The SMILES string of the molecule is C[Si](C)(C)C#C[C@H](CO)[C@@H](O)COCc1ccccc1. The van der Waals surface area contributed by atoms with E-state index in [2.05, 4.69) is 31.1 Å². The minimum absolute atomic E-state index is 0.145. The maximum absolute atomic E-state index is 10.0. The van der Waals surface area contributed by atoms with Gasteiger partial charge < -0.3 is 14.9 Å². The van der Waals surface area contributed by atoms with Gasteiger partial charge in [0, 0.05) is 0 Å². The first-order valence-corrected chi connectivity index (χ1v) is 10.4. The second-order valence-corrected chi connectivity index (χ2v) is 10.6. The van der Waals surface area contributed by atoms with Crippen LogP contribution in [0, 0.1) is 17.4 Å². The van der Waals surface area contributed by atoms with E-state index >= 15 is 0 Å². The molecule has 2 atom stereocenters. The number of rotatable bonds is 6. The van der Waals surface area contributed by atoms with E-state index in [-0.39, 0.29) is 13.2 Å². The molecule has 2 N–H and O–H groups in total. The van der Waals surface area contributed by atoms with Crippen LogP contribution < -0.4 is 0 Å². The zero-order valence-electron chi connectivity index (χ0n) is 12.5. The fourth-order valence-electron chi connectivity index (χ4n) is 1.56. The van der Waals surface area contributed by atoms with Gasteiger partial charge in [0.2, 0.25) is 0 Å². The number of aliphatic hydroxyl groups is 2. The maximum Gasteiger partial charge on any atom is 0.129 e. The van der Waals surface area contributed by atoms with Crippen molar-refractivity contribution in [3.05, 3.63) is 35.9 Å². The van der Waals surface area contributed by atoms with Gasteiger partial charge in [-0.15, -0.1) is 11.5 Å². The highest BCUT2D eigenvalue weighted by Gasteiger charge is 2.17. The van der Waals surface area contributed by atoms with Crippen molar-refractivity contribution in [2.45, 2.75) is 32.4 Å². The zero-order chi connectivity index (χ0) is 15.0. The summed E-state index contributed by atoms with van der Waals surface area (Å²) in [6, 6.07) is 9.80. The summed E-state index contributed by atoms with van der Waals surface area (Å²) in [7, 11) is -1.49. The Morgan fingerprint density at radius 1 is 1.20 bits per heavy atom. The molecule has 110 valence electrons. The van der Waals surface area contributed by atoms with Crippen LogP contribution in [0.2, 0.25) is 19.6 Å². The summed E-state index contributed by atoms with van der Waals surface area (Å²) < 4.78 is 5.48. The van der Waals surface area contributed by atoms with Crippen molar-refractivity contribution >= 4 is 8.07 Å². The van der Waals surface area contributed by atoms with Crippen LogP contribution in [0.1, 0.15) is 5.56 Å². The molecule has 0 unspecified atom stereocenters. The van der Waals surface area contributed by atoms with E-state index in [0.29, 0.717) is 6.61 Å². The fourth-order valence-corrected chi connectivity index (χ4v) is 2.18. The first kappa shape index (κ1) is 16.9. The van der Waals surface area contributed by atoms with Crippen LogP contribution in [-0.4, -0.2) is 37.6 Å². The Labute approximate surface area is 122 Å². The fraction of sp³-hybridized carbons (Fsp3) is 0.500. The molecule has 0 fully saturated rings. The average molecular weight is 292 g/mol. The molecule has 0 amide bonds. The van der Waals surface area contributed by atoms with Crippen molar-refractivity contribution in [2.24, 2.45) is 5.92 Å². The van der Waals surface area contributed by atoms with Crippen molar-refractivity contribution in [1.29, 1.82) is 0 Å². The van der Waals surface area contributed by atoms with Crippen LogP contribution in [0.25, 0.3) is 0 Å². The number of benzene rings is 1. The van der Waals surface area contributed by atoms with Gasteiger partial charge in [0.15, 0.2) is 0 Å². The Kier molecular flexibility index (Phi) is 6.96. The lowest BCUT2D eigenvalue weighted by molar-refractivity contribution is -0.00108. The number of hydrogen-bond acceptors (Lipinski definition) is 3. The lowest BCUT2D eigenvalue weighted by Gasteiger charge is -2.17.